The van der Waals surface area contributed by atoms with Crippen LogP contribution in [-0.4, -0.2) is 30.2 Å². The molecule has 0 unspecified atom stereocenters. The van der Waals surface area contributed by atoms with Crippen molar-refractivity contribution in [3.05, 3.63) is 72.8 Å². The summed E-state index contributed by atoms with van der Waals surface area (Å²) in [5, 5.41) is 7.78. The predicted octanol–water partition coefficient (Wildman–Crippen LogP) is 3.14. The molecule has 0 radical (unpaired) electrons. The van der Waals surface area contributed by atoms with E-state index in [1.807, 2.05) is 23.9 Å². The molecule has 9 heteroatoms. The highest BCUT2D eigenvalue weighted by Crippen LogP contribution is 2.22. The first-order valence-electron chi connectivity index (χ1n) is 8.15. The van der Waals surface area contributed by atoms with Gasteiger partial charge in [-0.3, -0.25) is 4.79 Å². The molecular weight excluding hydrogens is 364 g/mol. The van der Waals surface area contributed by atoms with Crippen LogP contribution < -0.4 is 5.32 Å². The molecule has 0 aliphatic rings. The summed E-state index contributed by atoms with van der Waals surface area (Å²) in [6.45, 7) is 0. The van der Waals surface area contributed by atoms with Crippen molar-refractivity contribution in [3.8, 4) is 5.82 Å². The van der Waals surface area contributed by atoms with Crippen LogP contribution >= 0.6 is 11.8 Å². The summed E-state index contributed by atoms with van der Waals surface area (Å²) in [6, 6.07) is 8.82. The highest BCUT2D eigenvalue weighted by Gasteiger charge is 2.13. The number of amides is 1. The maximum Gasteiger partial charge on any atom is 0.291 e. The lowest BCUT2D eigenvalue weighted by atomic mass is 10.3. The molecule has 0 aliphatic carbocycles. The molecule has 136 valence electrons. The van der Waals surface area contributed by atoms with E-state index in [4.69, 9.17) is 4.42 Å². The van der Waals surface area contributed by atoms with E-state index in [1.165, 1.54) is 0 Å². The third-order valence-electron chi connectivity index (χ3n) is 3.75. The Morgan fingerprint density at radius 3 is 2.81 bits per heavy atom. The second-order valence-electron chi connectivity index (χ2n) is 5.69. The maximum atomic E-state index is 12.4. The Hall–Kier alpha value is -3.33. The third kappa shape index (κ3) is 3.93. The Labute approximate surface area is 159 Å². The fourth-order valence-corrected chi connectivity index (χ4v) is 3.22. The van der Waals surface area contributed by atoms with Gasteiger partial charge in [-0.15, -0.1) is 0 Å². The zero-order chi connectivity index (χ0) is 18.6. The lowest BCUT2D eigenvalue weighted by Crippen LogP contribution is -2.11. The average Bonchev–Trinajstić information content (AvgIpc) is 3.43. The van der Waals surface area contributed by atoms with Crippen LogP contribution in [0.4, 0.5) is 5.69 Å². The van der Waals surface area contributed by atoms with Crippen LogP contribution in [0.2, 0.25) is 0 Å². The fourth-order valence-electron chi connectivity index (χ4n) is 2.40. The Bertz CT molecular complexity index is 1040. The summed E-state index contributed by atoms with van der Waals surface area (Å²) < 4.78 is 9.21. The smallest absolute Gasteiger partial charge is 0.291 e. The van der Waals surface area contributed by atoms with Crippen molar-refractivity contribution < 1.29 is 9.21 Å². The van der Waals surface area contributed by atoms with Crippen LogP contribution in [0.3, 0.4) is 0 Å². The quantitative estimate of drug-likeness (QED) is 0.517. The van der Waals surface area contributed by atoms with Crippen molar-refractivity contribution in [1.82, 2.24) is 24.3 Å². The topological polar surface area (TPSA) is 90.8 Å². The molecule has 0 bridgehead atoms. The number of carbonyl (C=O) groups is 1. The summed E-state index contributed by atoms with van der Waals surface area (Å²) in [4.78, 5) is 20.9. The normalized spacial score (nSPS) is 10.9. The van der Waals surface area contributed by atoms with E-state index in [1.54, 1.807) is 65.5 Å². The molecule has 0 spiro atoms. The summed E-state index contributed by atoms with van der Waals surface area (Å²) in [6.07, 6.45) is 8.69. The van der Waals surface area contributed by atoms with Crippen molar-refractivity contribution in [1.29, 1.82) is 0 Å². The molecule has 0 atom stereocenters. The number of rotatable bonds is 6. The highest BCUT2D eigenvalue weighted by atomic mass is 32.2. The van der Waals surface area contributed by atoms with Crippen molar-refractivity contribution >= 4 is 23.4 Å². The van der Waals surface area contributed by atoms with Gasteiger partial charge in [-0.2, -0.15) is 5.10 Å². The van der Waals surface area contributed by atoms with E-state index in [-0.39, 0.29) is 11.7 Å². The van der Waals surface area contributed by atoms with Gasteiger partial charge in [-0.25, -0.2) is 14.6 Å². The first kappa shape index (κ1) is 17.1. The van der Waals surface area contributed by atoms with Crippen LogP contribution in [0.5, 0.6) is 0 Å². The number of aryl methyl sites for hydroxylation is 1. The first-order valence-corrected chi connectivity index (χ1v) is 9.14. The number of hydrogen-bond donors (Lipinski definition) is 1. The number of nitrogens with zero attached hydrogens (tertiary/aromatic N) is 5. The van der Waals surface area contributed by atoms with Crippen molar-refractivity contribution in [2.45, 2.75) is 10.9 Å². The van der Waals surface area contributed by atoms with Crippen LogP contribution in [-0.2, 0) is 12.8 Å². The van der Waals surface area contributed by atoms with Crippen molar-refractivity contribution in [2.75, 3.05) is 5.32 Å². The summed E-state index contributed by atoms with van der Waals surface area (Å²) in [5.74, 6) is 1.90. The minimum atomic E-state index is -0.322. The van der Waals surface area contributed by atoms with E-state index in [9.17, 15) is 4.79 Å². The minimum absolute atomic E-state index is 0.251. The van der Waals surface area contributed by atoms with E-state index in [0.29, 0.717) is 23.0 Å². The molecule has 27 heavy (non-hydrogen) atoms. The van der Waals surface area contributed by atoms with E-state index < -0.39 is 0 Å². The number of nitrogens with one attached hydrogen (secondary N) is 1. The number of thioether (sulfide) groups is 1. The molecule has 4 heterocycles. The van der Waals surface area contributed by atoms with Crippen LogP contribution in [0.1, 0.15) is 16.3 Å². The number of furan rings is 1. The molecule has 0 saturated carbocycles. The predicted molar refractivity (Wildman–Crippen MR) is 101 cm³/mol. The molecule has 0 aromatic carbocycles. The second kappa shape index (κ2) is 7.50. The molecule has 4 aromatic heterocycles. The van der Waals surface area contributed by atoms with E-state index in [0.717, 1.165) is 5.16 Å². The van der Waals surface area contributed by atoms with E-state index >= 15 is 0 Å². The molecule has 1 N–H and O–H groups in total. The molecule has 1 amide bonds. The maximum absolute atomic E-state index is 12.4. The summed E-state index contributed by atoms with van der Waals surface area (Å²) in [7, 11) is 1.93. The fraction of sp³-hybridized carbons (Fsp3) is 0.111. The van der Waals surface area contributed by atoms with Gasteiger partial charge in [-0.1, -0.05) is 11.8 Å². The Morgan fingerprint density at radius 1 is 1.19 bits per heavy atom. The number of pyridine rings is 1. The largest absolute Gasteiger partial charge is 0.455 e. The Balaban J connectivity index is 1.37. The molecule has 0 fully saturated rings. The Morgan fingerprint density at radius 2 is 2.11 bits per heavy atom. The average molecular weight is 380 g/mol. The molecule has 0 saturated heterocycles. The second-order valence-corrected chi connectivity index (χ2v) is 6.63. The number of anilines is 1. The number of carbonyl (C=O) groups excluding carboxylic acids is 1. The van der Waals surface area contributed by atoms with Gasteiger partial charge >= 0.3 is 0 Å². The zero-order valence-corrected chi connectivity index (χ0v) is 15.3. The lowest BCUT2D eigenvalue weighted by molar-refractivity contribution is 0.0995. The van der Waals surface area contributed by atoms with Gasteiger partial charge in [0.05, 0.1) is 17.6 Å². The zero-order valence-electron chi connectivity index (χ0n) is 14.4. The van der Waals surface area contributed by atoms with Gasteiger partial charge < -0.3 is 14.3 Å². The third-order valence-corrected chi connectivity index (χ3v) is 4.83. The highest BCUT2D eigenvalue weighted by molar-refractivity contribution is 7.98. The first-order chi connectivity index (χ1) is 13.2. The summed E-state index contributed by atoms with van der Waals surface area (Å²) in [5.41, 5.74) is 0.580. The number of imidazole rings is 1. The summed E-state index contributed by atoms with van der Waals surface area (Å²) >= 11 is 1.54. The minimum Gasteiger partial charge on any atom is -0.455 e. The molecule has 4 rings (SSSR count). The van der Waals surface area contributed by atoms with Gasteiger partial charge in [-0.05, 0) is 30.3 Å². The number of hydrogen-bond acceptors (Lipinski definition) is 6. The van der Waals surface area contributed by atoms with Gasteiger partial charge in [0.1, 0.15) is 5.76 Å². The Kier molecular flexibility index (Phi) is 4.75. The van der Waals surface area contributed by atoms with Gasteiger partial charge in [0.15, 0.2) is 16.7 Å². The van der Waals surface area contributed by atoms with Crippen LogP contribution in [0.15, 0.2) is 70.9 Å². The molecule has 4 aromatic rings. The molecule has 8 nitrogen and oxygen atoms in total. The van der Waals surface area contributed by atoms with Crippen molar-refractivity contribution in [2.24, 2.45) is 7.05 Å². The van der Waals surface area contributed by atoms with Gasteiger partial charge in [0, 0.05) is 31.8 Å². The lowest BCUT2D eigenvalue weighted by Gasteiger charge is -2.04. The molecular formula is C18H16N6O2S. The number of aromatic nitrogens is 5. The standard InChI is InChI=1S/C18H16N6O2S/c1-23-10-8-19-18(23)27-12-14-4-5-15(26-14)17(25)22-13-3-6-16(20-11-13)24-9-2-7-21-24/h2-11H,12H2,1H3,(H,22,25). The van der Waals surface area contributed by atoms with E-state index in [2.05, 4.69) is 20.4 Å². The SMILES string of the molecule is Cn1ccnc1SCc1ccc(C(=O)Nc2ccc(-n3cccn3)nc2)o1. The molecule has 0 aliphatic heterocycles. The van der Waals surface area contributed by atoms with Crippen LogP contribution in [0.25, 0.3) is 5.82 Å². The van der Waals surface area contributed by atoms with Crippen LogP contribution in [0, 0.1) is 0 Å². The monoisotopic (exact) mass is 380 g/mol. The van der Waals surface area contributed by atoms with Gasteiger partial charge in [0.25, 0.3) is 5.91 Å². The van der Waals surface area contributed by atoms with Crippen molar-refractivity contribution in [3.63, 3.8) is 0 Å². The van der Waals surface area contributed by atoms with Gasteiger partial charge in [0.2, 0.25) is 0 Å².